The molecule has 0 N–H and O–H groups in total. The van der Waals surface area contributed by atoms with Gasteiger partial charge in [-0.3, -0.25) is 0 Å². The largest absolute Gasteiger partial charge is 0.464 e. The number of ether oxygens (including phenoxy) is 2. The number of pyridine rings is 1. The molecular weight excluding hydrogens is 327 g/mol. The highest BCUT2D eigenvalue weighted by molar-refractivity contribution is 6.01. The first kappa shape index (κ1) is 18.2. The SMILES string of the molecule is CCCOCn1nc(C(=O)OC)c2cc(C(C)C(F)(F)F)cnc21. The second-order valence-corrected chi connectivity index (χ2v) is 5.28. The van der Waals surface area contributed by atoms with Gasteiger partial charge in [0.05, 0.1) is 18.4 Å². The van der Waals surface area contributed by atoms with E-state index in [1.807, 2.05) is 6.92 Å². The Kier molecular flexibility index (Phi) is 5.43. The molecule has 0 aliphatic heterocycles. The van der Waals surface area contributed by atoms with Gasteiger partial charge in [0.2, 0.25) is 0 Å². The van der Waals surface area contributed by atoms with Crippen LogP contribution in [0.1, 0.15) is 42.2 Å². The Morgan fingerprint density at radius 1 is 1.42 bits per heavy atom. The molecule has 1 unspecified atom stereocenters. The molecule has 2 aromatic rings. The first-order valence-electron chi connectivity index (χ1n) is 7.38. The summed E-state index contributed by atoms with van der Waals surface area (Å²) in [7, 11) is 1.18. The van der Waals surface area contributed by atoms with Crippen molar-refractivity contribution in [1.82, 2.24) is 14.8 Å². The Morgan fingerprint density at radius 2 is 2.12 bits per heavy atom. The van der Waals surface area contributed by atoms with Crippen molar-refractivity contribution >= 4 is 17.0 Å². The summed E-state index contributed by atoms with van der Waals surface area (Å²) >= 11 is 0. The molecule has 0 radical (unpaired) electrons. The summed E-state index contributed by atoms with van der Waals surface area (Å²) in [6.45, 7) is 3.50. The topological polar surface area (TPSA) is 66.2 Å². The summed E-state index contributed by atoms with van der Waals surface area (Å²) in [4.78, 5) is 15.9. The lowest BCUT2D eigenvalue weighted by atomic mass is 10.0. The van der Waals surface area contributed by atoms with Crippen LogP contribution < -0.4 is 0 Å². The van der Waals surface area contributed by atoms with Crippen molar-refractivity contribution in [3.8, 4) is 0 Å². The van der Waals surface area contributed by atoms with E-state index in [1.165, 1.54) is 17.9 Å². The molecule has 2 aromatic heterocycles. The molecule has 132 valence electrons. The number of halogens is 3. The van der Waals surface area contributed by atoms with Gasteiger partial charge in [0.25, 0.3) is 0 Å². The third-order valence-electron chi connectivity index (χ3n) is 3.54. The van der Waals surface area contributed by atoms with Crippen molar-refractivity contribution in [3.63, 3.8) is 0 Å². The van der Waals surface area contributed by atoms with Crippen molar-refractivity contribution in [3.05, 3.63) is 23.5 Å². The number of esters is 1. The fourth-order valence-electron chi connectivity index (χ4n) is 2.13. The zero-order chi connectivity index (χ0) is 17.9. The first-order chi connectivity index (χ1) is 11.3. The average molecular weight is 345 g/mol. The van der Waals surface area contributed by atoms with E-state index in [0.29, 0.717) is 6.61 Å². The standard InChI is InChI=1S/C15H18F3N3O3/c1-4-5-24-8-21-13-11(12(20-21)14(22)23-3)6-10(7-19-13)9(2)15(16,17)18/h6-7,9H,4-5,8H2,1-3H3. The number of aromatic nitrogens is 3. The van der Waals surface area contributed by atoms with Crippen LogP contribution in [0.25, 0.3) is 11.0 Å². The summed E-state index contributed by atoms with van der Waals surface area (Å²) in [5.74, 6) is -2.45. The highest BCUT2D eigenvalue weighted by Crippen LogP contribution is 2.35. The summed E-state index contributed by atoms with van der Waals surface area (Å²) in [5.41, 5.74) is 0.134. The van der Waals surface area contributed by atoms with E-state index >= 15 is 0 Å². The molecule has 24 heavy (non-hydrogen) atoms. The van der Waals surface area contributed by atoms with Crippen LogP contribution in [-0.4, -0.2) is 40.6 Å². The number of nitrogens with zero attached hydrogens (tertiary/aromatic N) is 3. The van der Waals surface area contributed by atoms with Gasteiger partial charge in [0.15, 0.2) is 11.3 Å². The van der Waals surface area contributed by atoms with Crippen molar-refractivity contribution < 1.29 is 27.4 Å². The van der Waals surface area contributed by atoms with Gasteiger partial charge in [0.1, 0.15) is 6.73 Å². The van der Waals surface area contributed by atoms with Gasteiger partial charge in [-0.15, -0.1) is 0 Å². The molecule has 0 bridgehead atoms. The monoisotopic (exact) mass is 345 g/mol. The number of carbonyl (C=O) groups is 1. The molecule has 0 fully saturated rings. The predicted octanol–water partition coefficient (Wildman–Crippen LogP) is 3.27. The first-order valence-corrected chi connectivity index (χ1v) is 7.38. The maximum Gasteiger partial charge on any atom is 0.395 e. The van der Waals surface area contributed by atoms with Crippen molar-refractivity contribution in [2.24, 2.45) is 0 Å². The Hall–Kier alpha value is -2.16. The lowest BCUT2D eigenvalue weighted by Crippen LogP contribution is -2.18. The van der Waals surface area contributed by atoms with Gasteiger partial charge in [-0.1, -0.05) is 6.92 Å². The smallest absolute Gasteiger partial charge is 0.395 e. The van der Waals surface area contributed by atoms with E-state index in [9.17, 15) is 18.0 Å². The van der Waals surface area contributed by atoms with Gasteiger partial charge in [-0.25, -0.2) is 14.5 Å². The molecule has 0 amide bonds. The number of rotatable bonds is 6. The maximum atomic E-state index is 12.9. The van der Waals surface area contributed by atoms with Crippen LogP contribution in [0.3, 0.4) is 0 Å². The van der Waals surface area contributed by atoms with Gasteiger partial charge in [-0.2, -0.15) is 18.3 Å². The molecule has 0 aliphatic rings. The molecule has 0 aromatic carbocycles. The number of alkyl halides is 3. The predicted molar refractivity (Wildman–Crippen MR) is 79.6 cm³/mol. The van der Waals surface area contributed by atoms with Crippen LogP contribution >= 0.6 is 0 Å². The van der Waals surface area contributed by atoms with E-state index < -0.39 is 18.1 Å². The molecular formula is C15H18F3N3O3. The number of methoxy groups -OCH3 is 1. The summed E-state index contributed by atoms with van der Waals surface area (Å²) in [6.07, 6.45) is -2.47. The second-order valence-electron chi connectivity index (χ2n) is 5.28. The van der Waals surface area contributed by atoms with Crippen LogP contribution in [0.15, 0.2) is 12.3 Å². The number of fused-ring (bicyclic) bond motifs is 1. The van der Waals surface area contributed by atoms with Crippen LogP contribution in [0.4, 0.5) is 13.2 Å². The zero-order valence-corrected chi connectivity index (χ0v) is 13.6. The minimum absolute atomic E-state index is 0.0442. The zero-order valence-electron chi connectivity index (χ0n) is 13.6. The van der Waals surface area contributed by atoms with E-state index in [4.69, 9.17) is 4.74 Å². The van der Waals surface area contributed by atoms with Crippen molar-refractivity contribution in [1.29, 1.82) is 0 Å². The van der Waals surface area contributed by atoms with Gasteiger partial charge in [-0.05, 0) is 25.0 Å². The quantitative estimate of drug-likeness (QED) is 0.594. The summed E-state index contributed by atoms with van der Waals surface area (Å²) in [6, 6.07) is 1.27. The highest BCUT2D eigenvalue weighted by Gasteiger charge is 2.37. The highest BCUT2D eigenvalue weighted by atomic mass is 19.4. The fraction of sp³-hybridized carbons (Fsp3) is 0.533. The van der Waals surface area contributed by atoms with E-state index in [-0.39, 0.29) is 29.0 Å². The lowest BCUT2D eigenvalue weighted by Gasteiger charge is -2.15. The molecule has 1 atom stereocenters. The molecule has 0 saturated carbocycles. The van der Waals surface area contributed by atoms with Crippen LogP contribution in [-0.2, 0) is 16.2 Å². The third-order valence-corrected chi connectivity index (χ3v) is 3.54. The van der Waals surface area contributed by atoms with Crippen molar-refractivity contribution in [2.45, 2.75) is 39.1 Å². The minimum Gasteiger partial charge on any atom is -0.464 e. The minimum atomic E-state index is -4.40. The second kappa shape index (κ2) is 7.16. The number of hydrogen-bond acceptors (Lipinski definition) is 5. The van der Waals surface area contributed by atoms with Gasteiger partial charge in [0, 0.05) is 12.8 Å². The summed E-state index contributed by atoms with van der Waals surface area (Å²) in [5, 5.41) is 4.27. The lowest BCUT2D eigenvalue weighted by molar-refractivity contribution is -0.146. The molecule has 0 aliphatic carbocycles. The van der Waals surface area contributed by atoms with Gasteiger partial charge < -0.3 is 9.47 Å². The molecule has 2 rings (SSSR count). The van der Waals surface area contributed by atoms with Crippen molar-refractivity contribution in [2.75, 3.05) is 13.7 Å². The Morgan fingerprint density at radius 3 is 2.71 bits per heavy atom. The number of carbonyl (C=O) groups excluding carboxylic acids is 1. The van der Waals surface area contributed by atoms with E-state index in [0.717, 1.165) is 19.5 Å². The third kappa shape index (κ3) is 3.66. The molecule has 0 spiro atoms. The molecule has 0 saturated heterocycles. The van der Waals surface area contributed by atoms with Crippen LogP contribution in [0.2, 0.25) is 0 Å². The Balaban J connectivity index is 2.50. The van der Waals surface area contributed by atoms with Crippen LogP contribution in [0.5, 0.6) is 0 Å². The molecule has 6 nitrogen and oxygen atoms in total. The summed E-state index contributed by atoms with van der Waals surface area (Å²) < 4.78 is 50.1. The van der Waals surface area contributed by atoms with Gasteiger partial charge >= 0.3 is 12.1 Å². The Bertz CT molecular complexity index is 728. The normalized spacial score (nSPS) is 13.2. The van der Waals surface area contributed by atoms with E-state index in [1.54, 1.807) is 0 Å². The number of hydrogen-bond donors (Lipinski definition) is 0. The maximum absolute atomic E-state index is 12.9. The molecule has 2 heterocycles. The van der Waals surface area contributed by atoms with E-state index in [2.05, 4.69) is 14.8 Å². The molecule has 9 heteroatoms. The van der Waals surface area contributed by atoms with Crippen LogP contribution in [0, 0.1) is 0 Å². The fourth-order valence-corrected chi connectivity index (χ4v) is 2.13. The average Bonchev–Trinajstić information content (AvgIpc) is 2.91. The Labute approximate surface area is 136 Å².